The van der Waals surface area contributed by atoms with Gasteiger partial charge in [-0.05, 0) is 18.6 Å². The third kappa shape index (κ3) is 2.05. The van der Waals surface area contributed by atoms with E-state index in [0.717, 1.165) is 12.2 Å². The van der Waals surface area contributed by atoms with Crippen LogP contribution in [-0.2, 0) is 13.1 Å². The highest BCUT2D eigenvalue weighted by molar-refractivity contribution is 5.06. The number of aryl methyl sites for hydroxylation is 1. The van der Waals surface area contributed by atoms with Crippen LogP contribution >= 0.6 is 0 Å². The number of nitrogens with two attached hydrogens (primary N) is 1. The van der Waals surface area contributed by atoms with Crippen LogP contribution in [0, 0.1) is 0 Å². The third-order valence-electron chi connectivity index (χ3n) is 1.67. The molecule has 2 N–H and O–H groups in total. The number of alkyl halides is 1. The smallest absolute Gasteiger partial charge is 0.0911 e. The van der Waals surface area contributed by atoms with Crippen LogP contribution in [0.25, 0.3) is 0 Å². The molecular weight excluding hydrogens is 143 g/mol. The van der Waals surface area contributed by atoms with Gasteiger partial charge in [0.15, 0.2) is 0 Å². The maximum Gasteiger partial charge on any atom is 0.0911 e. The Morgan fingerprint density at radius 1 is 1.55 bits per heavy atom. The van der Waals surface area contributed by atoms with E-state index < -0.39 is 0 Å². The first-order valence-corrected chi connectivity index (χ1v) is 3.78. The lowest BCUT2D eigenvalue weighted by Crippen LogP contribution is -2.06. The van der Waals surface area contributed by atoms with Crippen molar-refractivity contribution in [1.82, 2.24) is 4.57 Å². The average molecular weight is 156 g/mol. The van der Waals surface area contributed by atoms with Gasteiger partial charge in [0.25, 0.3) is 0 Å². The van der Waals surface area contributed by atoms with Crippen LogP contribution in [0.4, 0.5) is 4.39 Å². The van der Waals surface area contributed by atoms with E-state index in [1.807, 2.05) is 22.9 Å². The molecule has 0 saturated carbocycles. The second-order valence-corrected chi connectivity index (χ2v) is 2.44. The Labute approximate surface area is 65.8 Å². The van der Waals surface area contributed by atoms with Crippen LogP contribution < -0.4 is 5.73 Å². The molecule has 0 bridgehead atoms. The molecule has 0 atom stereocenters. The molecule has 0 radical (unpaired) electrons. The fourth-order valence-electron chi connectivity index (χ4n) is 1.08. The van der Waals surface area contributed by atoms with Crippen molar-refractivity contribution in [2.45, 2.75) is 19.5 Å². The molecule has 1 heterocycles. The third-order valence-corrected chi connectivity index (χ3v) is 1.67. The average Bonchev–Trinajstić information content (AvgIpc) is 2.47. The van der Waals surface area contributed by atoms with Gasteiger partial charge >= 0.3 is 0 Å². The molecule has 0 spiro atoms. The van der Waals surface area contributed by atoms with E-state index >= 15 is 0 Å². The maximum atomic E-state index is 11.8. The molecule has 11 heavy (non-hydrogen) atoms. The van der Waals surface area contributed by atoms with Crippen LogP contribution in [0.15, 0.2) is 18.3 Å². The van der Waals surface area contributed by atoms with Gasteiger partial charge in [-0.1, -0.05) is 0 Å². The lowest BCUT2D eigenvalue weighted by Gasteiger charge is -2.04. The molecule has 0 aliphatic carbocycles. The summed E-state index contributed by atoms with van der Waals surface area (Å²) in [6.45, 7) is 0.998. The van der Waals surface area contributed by atoms with E-state index in [4.69, 9.17) is 5.73 Å². The SMILES string of the molecule is NCc1cccn1CCCF. The Kier molecular flexibility index (Phi) is 3.11. The Hall–Kier alpha value is -0.830. The van der Waals surface area contributed by atoms with Gasteiger partial charge < -0.3 is 10.3 Å². The summed E-state index contributed by atoms with van der Waals surface area (Å²) in [5, 5.41) is 0. The maximum absolute atomic E-state index is 11.8. The lowest BCUT2D eigenvalue weighted by atomic mass is 10.4. The van der Waals surface area contributed by atoms with Crippen molar-refractivity contribution in [3.63, 3.8) is 0 Å². The fraction of sp³-hybridized carbons (Fsp3) is 0.500. The van der Waals surface area contributed by atoms with Gasteiger partial charge in [-0.2, -0.15) is 0 Å². The van der Waals surface area contributed by atoms with Crippen molar-refractivity contribution in [2.24, 2.45) is 5.73 Å². The largest absolute Gasteiger partial charge is 0.350 e. The van der Waals surface area contributed by atoms with Crippen molar-refractivity contribution < 1.29 is 4.39 Å². The Morgan fingerprint density at radius 2 is 2.36 bits per heavy atom. The molecule has 0 saturated heterocycles. The summed E-state index contributed by atoms with van der Waals surface area (Å²) >= 11 is 0. The molecule has 0 aliphatic rings. The van der Waals surface area contributed by atoms with Crippen LogP contribution in [-0.4, -0.2) is 11.2 Å². The number of rotatable bonds is 4. The Bertz CT molecular complexity index is 208. The molecule has 1 rings (SSSR count). The van der Waals surface area contributed by atoms with E-state index in [-0.39, 0.29) is 6.67 Å². The topological polar surface area (TPSA) is 30.9 Å². The molecule has 0 fully saturated rings. The van der Waals surface area contributed by atoms with Crippen molar-refractivity contribution in [3.05, 3.63) is 24.0 Å². The summed E-state index contributed by atoms with van der Waals surface area (Å²) in [5.41, 5.74) is 6.52. The van der Waals surface area contributed by atoms with Gasteiger partial charge in [0.05, 0.1) is 6.67 Å². The number of hydrogen-bond acceptors (Lipinski definition) is 1. The Balaban J connectivity index is 2.54. The fourth-order valence-corrected chi connectivity index (χ4v) is 1.08. The minimum Gasteiger partial charge on any atom is -0.350 e. The van der Waals surface area contributed by atoms with E-state index in [1.54, 1.807) is 0 Å². The second kappa shape index (κ2) is 4.13. The molecule has 2 nitrogen and oxygen atoms in total. The zero-order chi connectivity index (χ0) is 8.10. The normalized spacial score (nSPS) is 10.4. The molecule has 0 aromatic carbocycles. The predicted octanol–water partition coefficient (Wildman–Crippen LogP) is 1.31. The van der Waals surface area contributed by atoms with Crippen molar-refractivity contribution in [3.8, 4) is 0 Å². The van der Waals surface area contributed by atoms with Gasteiger partial charge in [-0.25, -0.2) is 0 Å². The quantitative estimate of drug-likeness (QED) is 0.700. The summed E-state index contributed by atoms with van der Waals surface area (Å²) in [7, 11) is 0. The first kappa shape index (κ1) is 8.27. The highest BCUT2D eigenvalue weighted by atomic mass is 19.1. The molecule has 62 valence electrons. The first-order chi connectivity index (χ1) is 5.38. The minimum absolute atomic E-state index is 0.262. The molecule has 1 aromatic rings. The minimum atomic E-state index is -0.262. The van der Waals surface area contributed by atoms with Crippen molar-refractivity contribution in [1.29, 1.82) is 0 Å². The number of halogens is 1. The summed E-state index contributed by atoms with van der Waals surface area (Å²) < 4.78 is 13.8. The number of aromatic nitrogens is 1. The zero-order valence-corrected chi connectivity index (χ0v) is 6.46. The van der Waals surface area contributed by atoms with E-state index in [1.165, 1.54) is 0 Å². The van der Waals surface area contributed by atoms with Crippen LogP contribution in [0.2, 0.25) is 0 Å². The highest BCUT2D eigenvalue weighted by Crippen LogP contribution is 2.02. The van der Waals surface area contributed by atoms with Gasteiger partial charge in [0, 0.05) is 25.0 Å². The lowest BCUT2D eigenvalue weighted by molar-refractivity contribution is 0.444. The summed E-state index contributed by atoms with van der Waals surface area (Å²) in [6, 6.07) is 3.89. The van der Waals surface area contributed by atoms with E-state index in [9.17, 15) is 4.39 Å². The van der Waals surface area contributed by atoms with Gasteiger partial charge in [-0.15, -0.1) is 0 Å². The summed E-state index contributed by atoms with van der Waals surface area (Å²) in [4.78, 5) is 0. The molecule has 0 unspecified atom stereocenters. The van der Waals surface area contributed by atoms with E-state index in [2.05, 4.69) is 0 Å². The number of hydrogen-bond donors (Lipinski definition) is 1. The molecule has 3 heteroatoms. The molecule has 0 aliphatic heterocycles. The highest BCUT2D eigenvalue weighted by Gasteiger charge is 1.96. The van der Waals surface area contributed by atoms with Gasteiger partial charge in [0.1, 0.15) is 0 Å². The van der Waals surface area contributed by atoms with Gasteiger partial charge in [0.2, 0.25) is 0 Å². The van der Waals surface area contributed by atoms with Crippen molar-refractivity contribution >= 4 is 0 Å². The molecular formula is C8H13FN2. The number of nitrogens with zero attached hydrogens (tertiary/aromatic N) is 1. The Morgan fingerprint density at radius 3 is 3.00 bits per heavy atom. The van der Waals surface area contributed by atoms with Crippen LogP contribution in [0.5, 0.6) is 0 Å². The van der Waals surface area contributed by atoms with E-state index in [0.29, 0.717) is 13.0 Å². The summed E-state index contributed by atoms with van der Waals surface area (Å²) in [5.74, 6) is 0. The van der Waals surface area contributed by atoms with Gasteiger partial charge in [-0.3, -0.25) is 4.39 Å². The predicted molar refractivity (Wildman–Crippen MR) is 42.9 cm³/mol. The molecule has 0 amide bonds. The standard InChI is InChI=1S/C8H13FN2/c9-4-2-6-11-5-1-3-8(11)7-10/h1,3,5H,2,4,6-7,10H2. The first-order valence-electron chi connectivity index (χ1n) is 3.78. The zero-order valence-electron chi connectivity index (χ0n) is 6.46. The van der Waals surface area contributed by atoms with Crippen LogP contribution in [0.1, 0.15) is 12.1 Å². The monoisotopic (exact) mass is 156 g/mol. The van der Waals surface area contributed by atoms with Crippen LogP contribution in [0.3, 0.4) is 0 Å². The summed E-state index contributed by atoms with van der Waals surface area (Å²) in [6.07, 6.45) is 2.50. The van der Waals surface area contributed by atoms with Crippen molar-refractivity contribution in [2.75, 3.05) is 6.67 Å². The molecule has 1 aromatic heterocycles. The second-order valence-electron chi connectivity index (χ2n) is 2.44.